The highest BCUT2D eigenvalue weighted by molar-refractivity contribution is 5.41. The monoisotopic (exact) mass is 275 g/mol. The van der Waals surface area contributed by atoms with Crippen LogP contribution in [-0.4, -0.2) is 12.6 Å². The van der Waals surface area contributed by atoms with Crippen molar-refractivity contribution < 1.29 is 13.5 Å². The van der Waals surface area contributed by atoms with Gasteiger partial charge in [0.1, 0.15) is 17.4 Å². The number of benzene rings is 2. The quantitative estimate of drug-likeness (QED) is 0.934. The van der Waals surface area contributed by atoms with E-state index < -0.39 is 11.6 Å². The number of ether oxygens (including phenoxy) is 1. The molecule has 0 aliphatic carbocycles. The Morgan fingerprint density at radius 3 is 2.55 bits per heavy atom. The summed E-state index contributed by atoms with van der Waals surface area (Å²) in [6.07, 6.45) is 0.154. The van der Waals surface area contributed by atoms with Gasteiger partial charge in [-0.15, -0.1) is 0 Å². The fourth-order valence-electron chi connectivity index (χ4n) is 2.65. The highest BCUT2D eigenvalue weighted by Crippen LogP contribution is 2.36. The smallest absolute Gasteiger partial charge is 0.129 e. The summed E-state index contributed by atoms with van der Waals surface area (Å²) in [5.41, 5.74) is 7.21. The number of rotatable bonds is 3. The molecule has 104 valence electrons. The molecule has 0 saturated heterocycles. The maximum Gasteiger partial charge on any atom is 0.129 e. The van der Waals surface area contributed by atoms with E-state index in [1.807, 2.05) is 24.3 Å². The first kappa shape index (κ1) is 13.1. The Labute approximate surface area is 116 Å². The highest BCUT2D eigenvalue weighted by Gasteiger charge is 2.30. The average molecular weight is 275 g/mol. The molecule has 1 aliphatic rings. The van der Waals surface area contributed by atoms with Crippen LogP contribution in [0.3, 0.4) is 0 Å². The third-order valence-corrected chi connectivity index (χ3v) is 3.76. The average Bonchev–Trinajstić information content (AvgIpc) is 2.87. The van der Waals surface area contributed by atoms with Crippen LogP contribution in [0.15, 0.2) is 42.5 Å². The summed E-state index contributed by atoms with van der Waals surface area (Å²) in [7, 11) is 0. The molecule has 2 atom stereocenters. The van der Waals surface area contributed by atoms with E-state index in [0.717, 1.165) is 11.3 Å². The molecule has 0 aromatic heterocycles. The van der Waals surface area contributed by atoms with Gasteiger partial charge in [-0.1, -0.05) is 24.3 Å². The van der Waals surface area contributed by atoms with E-state index in [1.54, 1.807) is 0 Å². The van der Waals surface area contributed by atoms with E-state index in [4.69, 9.17) is 10.5 Å². The van der Waals surface area contributed by atoms with Crippen molar-refractivity contribution in [2.24, 2.45) is 5.73 Å². The number of nitrogens with two attached hydrogens (primary N) is 1. The molecule has 2 aromatic carbocycles. The van der Waals surface area contributed by atoms with Crippen LogP contribution in [0.2, 0.25) is 0 Å². The molecule has 0 spiro atoms. The fraction of sp³-hybridized carbons (Fsp3) is 0.250. The van der Waals surface area contributed by atoms with Gasteiger partial charge in [0.05, 0.1) is 6.61 Å². The van der Waals surface area contributed by atoms with Crippen molar-refractivity contribution in [1.29, 1.82) is 0 Å². The van der Waals surface area contributed by atoms with Gasteiger partial charge in [0.2, 0.25) is 0 Å². The highest BCUT2D eigenvalue weighted by atomic mass is 19.1. The Morgan fingerprint density at radius 2 is 1.80 bits per heavy atom. The van der Waals surface area contributed by atoms with Crippen LogP contribution in [0.5, 0.6) is 5.75 Å². The lowest BCUT2D eigenvalue weighted by Gasteiger charge is -2.19. The van der Waals surface area contributed by atoms with Gasteiger partial charge < -0.3 is 10.5 Å². The number of halogens is 2. The molecule has 0 saturated carbocycles. The lowest BCUT2D eigenvalue weighted by atomic mass is 9.89. The third-order valence-electron chi connectivity index (χ3n) is 3.76. The van der Waals surface area contributed by atoms with Crippen molar-refractivity contribution in [3.63, 3.8) is 0 Å². The van der Waals surface area contributed by atoms with Gasteiger partial charge in [0.25, 0.3) is 0 Å². The van der Waals surface area contributed by atoms with Crippen molar-refractivity contribution in [1.82, 2.24) is 0 Å². The minimum atomic E-state index is -0.548. The molecule has 2 aromatic rings. The first-order valence-electron chi connectivity index (χ1n) is 6.57. The molecular formula is C16H15F2NO. The predicted molar refractivity (Wildman–Crippen MR) is 72.7 cm³/mol. The molecule has 0 radical (unpaired) electrons. The molecule has 0 amide bonds. The summed E-state index contributed by atoms with van der Waals surface area (Å²) in [5.74, 6) is -0.326. The van der Waals surface area contributed by atoms with Crippen LogP contribution >= 0.6 is 0 Å². The summed E-state index contributed by atoms with van der Waals surface area (Å²) >= 11 is 0. The summed E-state index contributed by atoms with van der Waals surface area (Å²) in [6.45, 7) is 0.455. The Hall–Kier alpha value is -1.94. The van der Waals surface area contributed by atoms with E-state index in [1.165, 1.54) is 18.2 Å². The zero-order valence-corrected chi connectivity index (χ0v) is 10.9. The molecule has 2 N–H and O–H groups in total. The zero-order chi connectivity index (χ0) is 14.1. The zero-order valence-electron chi connectivity index (χ0n) is 10.9. The van der Waals surface area contributed by atoms with Gasteiger partial charge >= 0.3 is 0 Å². The topological polar surface area (TPSA) is 35.2 Å². The van der Waals surface area contributed by atoms with Crippen molar-refractivity contribution >= 4 is 0 Å². The first-order valence-corrected chi connectivity index (χ1v) is 6.57. The normalized spacial score (nSPS) is 18.4. The maximum atomic E-state index is 13.7. The van der Waals surface area contributed by atoms with Gasteiger partial charge in [-0.2, -0.15) is 0 Å². The summed E-state index contributed by atoms with van der Waals surface area (Å²) in [5, 5.41) is 0. The van der Waals surface area contributed by atoms with Crippen LogP contribution in [0.25, 0.3) is 0 Å². The van der Waals surface area contributed by atoms with Crippen molar-refractivity contribution in [3.05, 3.63) is 65.2 Å². The number of para-hydroxylation sites is 1. The minimum absolute atomic E-state index is 0.0368. The van der Waals surface area contributed by atoms with Crippen LogP contribution in [0.4, 0.5) is 8.78 Å². The molecule has 0 bridgehead atoms. The van der Waals surface area contributed by atoms with E-state index in [9.17, 15) is 8.78 Å². The second-order valence-corrected chi connectivity index (χ2v) is 5.02. The number of hydrogen-bond donors (Lipinski definition) is 1. The third kappa shape index (κ3) is 2.27. The van der Waals surface area contributed by atoms with Crippen LogP contribution in [0.1, 0.15) is 17.0 Å². The van der Waals surface area contributed by atoms with E-state index >= 15 is 0 Å². The van der Waals surface area contributed by atoms with E-state index in [0.29, 0.717) is 6.61 Å². The van der Waals surface area contributed by atoms with Gasteiger partial charge in [-0.25, -0.2) is 8.78 Å². The number of hydrogen-bond acceptors (Lipinski definition) is 2. The Balaban J connectivity index is 1.83. The summed E-state index contributed by atoms with van der Waals surface area (Å²) in [4.78, 5) is 0. The van der Waals surface area contributed by atoms with Crippen molar-refractivity contribution in [3.8, 4) is 5.75 Å². The Morgan fingerprint density at radius 1 is 1.10 bits per heavy atom. The molecule has 1 aliphatic heterocycles. The predicted octanol–water partition coefficient (Wildman–Crippen LogP) is 3.01. The fourth-order valence-corrected chi connectivity index (χ4v) is 2.65. The van der Waals surface area contributed by atoms with Crippen LogP contribution in [0, 0.1) is 11.6 Å². The van der Waals surface area contributed by atoms with Crippen molar-refractivity contribution in [2.45, 2.75) is 18.4 Å². The first-order chi connectivity index (χ1) is 9.66. The summed E-state index contributed by atoms with van der Waals surface area (Å²) in [6, 6.07) is 11.1. The van der Waals surface area contributed by atoms with Gasteiger partial charge in [-0.05, 0) is 24.6 Å². The Bertz CT molecular complexity index is 609. The molecule has 1 heterocycles. The second kappa shape index (κ2) is 5.21. The van der Waals surface area contributed by atoms with Crippen molar-refractivity contribution in [2.75, 3.05) is 6.61 Å². The van der Waals surface area contributed by atoms with E-state index in [2.05, 4.69) is 0 Å². The molecular weight excluding hydrogens is 260 g/mol. The van der Waals surface area contributed by atoms with E-state index in [-0.39, 0.29) is 23.9 Å². The standard InChI is InChI=1S/C16H15F2NO/c17-13-5-3-6-14(18)11(13)8-15(19)12-9-20-16-7-2-1-4-10(12)16/h1-7,12,15H,8-9,19H2. The molecule has 3 rings (SSSR count). The van der Waals surface area contributed by atoms with Gasteiger partial charge in [0.15, 0.2) is 0 Å². The SMILES string of the molecule is NC(Cc1c(F)cccc1F)C1COc2ccccc21. The lowest BCUT2D eigenvalue weighted by molar-refractivity contribution is 0.312. The lowest BCUT2D eigenvalue weighted by Crippen LogP contribution is -2.32. The molecule has 2 unspecified atom stereocenters. The Kier molecular flexibility index (Phi) is 3.40. The van der Waals surface area contributed by atoms with Crippen LogP contribution < -0.4 is 10.5 Å². The van der Waals surface area contributed by atoms with Gasteiger partial charge in [0, 0.05) is 23.1 Å². The minimum Gasteiger partial charge on any atom is -0.493 e. The molecule has 20 heavy (non-hydrogen) atoms. The largest absolute Gasteiger partial charge is 0.493 e. The summed E-state index contributed by atoms with van der Waals surface area (Å²) < 4.78 is 32.9. The molecule has 2 nitrogen and oxygen atoms in total. The van der Waals surface area contributed by atoms with Crippen LogP contribution in [-0.2, 0) is 6.42 Å². The maximum absolute atomic E-state index is 13.7. The molecule has 0 fully saturated rings. The number of fused-ring (bicyclic) bond motifs is 1. The second-order valence-electron chi connectivity index (χ2n) is 5.02. The molecule has 4 heteroatoms. The van der Waals surface area contributed by atoms with Gasteiger partial charge in [-0.3, -0.25) is 0 Å².